The van der Waals surface area contributed by atoms with Gasteiger partial charge in [-0.15, -0.1) is 0 Å². The minimum Gasteiger partial charge on any atom is -0.355 e. The minimum atomic E-state index is -0.526. The predicted octanol–water partition coefficient (Wildman–Crippen LogP) is 4.15. The van der Waals surface area contributed by atoms with Gasteiger partial charge in [0, 0.05) is 36.6 Å². The van der Waals surface area contributed by atoms with Crippen LogP contribution in [0.25, 0.3) is 0 Å². The van der Waals surface area contributed by atoms with E-state index in [1.54, 1.807) is 6.07 Å². The van der Waals surface area contributed by atoms with Crippen LogP contribution in [0.4, 0.5) is 21.8 Å². The Bertz CT molecular complexity index is 920. The van der Waals surface area contributed by atoms with Crippen molar-refractivity contribution in [2.75, 3.05) is 29.9 Å². The Labute approximate surface area is 177 Å². The molecule has 1 aromatic carbocycles. The van der Waals surface area contributed by atoms with Crippen molar-refractivity contribution < 1.29 is 4.39 Å². The highest BCUT2D eigenvalue weighted by atomic mass is 19.1. The average Bonchev–Trinajstić information content (AvgIpc) is 3.58. The summed E-state index contributed by atoms with van der Waals surface area (Å²) in [5.41, 5.74) is 1.60. The van der Waals surface area contributed by atoms with Crippen LogP contribution in [0.1, 0.15) is 50.3 Å². The maximum atomic E-state index is 13.6. The summed E-state index contributed by atoms with van der Waals surface area (Å²) < 4.78 is 13.6. The maximum absolute atomic E-state index is 13.6. The second-order valence-electron chi connectivity index (χ2n) is 8.36. The topological polar surface area (TPSA) is 76.9 Å². The van der Waals surface area contributed by atoms with Gasteiger partial charge in [0.25, 0.3) is 0 Å². The molecule has 2 heterocycles. The van der Waals surface area contributed by atoms with E-state index in [2.05, 4.69) is 33.5 Å². The monoisotopic (exact) mass is 408 g/mol. The molecule has 1 aliphatic carbocycles. The van der Waals surface area contributed by atoms with Crippen LogP contribution in [0.5, 0.6) is 0 Å². The SMILES string of the molecule is CCCc1cc(N2CCCC(NCC3CC3)C2)nc(Nc2ccc(F)c(C#N)c2)n1. The van der Waals surface area contributed by atoms with E-state index in [1.165, 1.54) is 31.4 Å². The molecule has 7 heteroatoms. The zero-order valence-electron chi connectivity index (χ0n) is 17.5. The van der Waals surface area contributed by atoms with Crippen LogP contribution in [0, 0.1) is 23.1 Å². The van der Waals surface area contributed by atoms with E-state index in [9.17, 15) is 4.39 Å². The van der Waals surface area contributed by atoms with Gasteiger partial charge in [0.15, 0.2) is 0 Å². The highest BCUT2D eigenvalue weighted by Gasteiger charge is 2.25. The van der Waals surface area contributed by atoms with Crippen molar-refractivity contribution in [1.29, 1.82) is 5.26 Å². The number of nitrogens with zero attached hydrogens (tertiary/aromatic N) is 4. The second kappa shape index (κ2) is 9.40. The van der Waals surface area contributed by atoms with E-state index in [0.29, 0.717) is 17.7 Å². The molecule has 1 aliphatic heterocycles. The van der Waals surface area contributed by atoms with Gasteiger partial charge in [-0.25, -0.2) is 9.37 Å². The molecule has 1 atom stereocenters. The van der Waals surface area contributed by atoms with Gasteiger partial charge in [0.05, 0.1) is 5.56 Å². The van der Waals surface area contributed by atoms with Crippen molar-refractivity contribution in [2.45, 2.75) is 51.5 Å². The molecule has 1 saturated heterocycles. The van der Waals surface area contributed by atoms with Crippen LogP contribution >= 0.6 is 0 Å². The lowest BCUT2D eigenvalue weighted by Gasteiger charge is -2.34. The van der Waals surface area contributed by atoms with Crippen LogP contribution in [-0.2, 0) is 6.42 Å². The number of piperidine rings is 1. The van der Waals surface area contributed by atoms with Crippen molar-refractivity contribution >= 4 is 17.5 Å². The third-order valence-electron chi connectivity index (χ3n) is 5.75. The number of benzene rings is 1. The van der Waals surface area contributed by atoms with Crippen LogP contribution in [0.2, 0.25) is 0 Å². The third kappa shape index (κ3) is 5.25. The first kappa shape index (κ1) is 20.5. The Morgan fingerprint density at radius 3 is 2.87 bits per heavy atom. The van der Waals surface area contributed by atoms with Gasteiger partial charge in [-0.05, 0) is 62.8 Å². The van der Waals surface area contributed by atoms with Gasteiger partial charge in [-0.3, -0.25) is 0 Å². The quantitative estimate of drug-likeness (QED) is 0.683. The molecule has 0 amide bonds. The summed E-state index contributed by atoms with van der Waals surface area (Å²) in [5.74, 6) is 1.76. The maximum Gasteiger partial charge on any atom is 0.229 e. The first-order valence-corrected chi connectivity index (χ1v) is 11.0. The number of aryl methyl sites for hydroxylation is 1. The fraction of sp³-hybridized carbons (Fsp3) is 0.522. The Morgan fingerprint density at radius 1 is 1.23 bits per heavy atom. The molecule has 1 aromatic heterocycles. The van der Waals surface area contributed by atoms with Crippen molar-refractivity contribution in [3.05, 3.63) is 41.3 Å². The lowest BCUT2D eigenvalue weighted by atomic mass is 10.1. The molecule has 2 aromatic rings. The molecule has 0 radical (unpaired) electrons. The number of nitriles is 1. The number of hydrogen-bond acceptors (Lipinski definition) is 6. The van der Waals surface area contributed by atoms with Crippen molar-refractivity contribution in [3.63, 3.8) is 0 Å². The number of hydrogen-bond donors (Lipinski definition) is 2. The van der Waals surface area contributed by atoms with E-state index in [1.807, 2.05) is 6.07 Å². The lowest BCUT2D eigenvalue weighted by molar-refractivity contribution is 0.414. The molecular weight excluding hydrogens is 379 g/mol. The minimum absolute atomic E-state index is 0.00513. The van der Waals surface area contributed by atoms with Crippen molar-refractivity contribution in [1.82, 2.24) is 15.3 Å². The molecule has 1 saturated carbocycles. The van der Waals surface area contributed by atoms with Gasteiger partial charge in [0.1, 0.15) is 17.7 Å². The molecule has 158 valence electrons. The summed E-state index contributed by atoms with van der Waals surface area (Å²) in [4.78, 5) is 11.7. The molecule has 2 aliphatic rings. The summed E-state index contributed by atoms with van der Waals surface area (Å²) in [7, 11) is 0. The molecule has 2 fully saturated rings. The second-order valence-corrected chi connectivity index (χ2v) is 8.36. The summed E-state index contributed by atoms with van der Waals surface area (Å²) in [6.45, 7) is 5.19. The molecule has 30 heavy (non-hydrogen) atoms. The number of nitrogens with one attached hydrogen (secondary N) is 2. The van der Waals surface area contributed by atoms with E-state index in [4.69, 9.17) is 10.2 Å². The summed E-state index contributed by atoms with van der Waals surface area (Å²) in [6.07, 6.45) is 6.93. The largest absolute Gasteiger partial charge is 0.355 e. The third-order valence-corrected chi connectivity index (χ3v) is 5.75. The van der Waals surface area contributed by atoms with Crippen LogP contribution < -0.4 is 15.5 Å². The average molecular weight is 409 g/mol. The Hall–Kier alpha value is -2.72. The number of halogens is 1. The standard InChI is InChI=1S/C23H29FN6/c1-2-4-18-12-22(30-10-3-5-20(15-30)26-14-16-6-7-16)29-23(27-18)28-19-8-9-21(24)17(11-19)13-25/h8-9,11-12,16,20,26H,2-7,10,14-15H2,1H3,(H,27,28,29). The molecule has 0 bridgehead atoms. The zero-order chi connectivity index (χ0) is 20.9. The summed E-state index contributed by atoms with van der Waals surface area (Å²) >= 11 is 0. The van der Waals surface area contributed by atoms with E-state index >= 15 is 0 Å². The Kier molecular flexibility index (Phi) is 6.44. The number of aromatic nitrogens is 2. The first-order chi connectivity index (χ1) is 14.6. The fourth-order valence-corrected chi connectivity index (χ4v) is 3.91. The van der Waals surface area contributed by atoms with Crippen LogP contribution in [-0.4, -0.2) is 35.6 Å². The molecular formula is C23H29FN6. The highest BCUT2D eigenvalue weighted by Crippen LogP contribution is 2.28. The van der Waals surface area contributed by atoms with E-state index < -0.39 is 5.82 Å². The van der Waals surface area contributed by atoms with Gasteiger partial charge < -0.3 is 15.5 Å². The Morgan fingerprint density at radius 2 is 2.10 bits per heavy atom. The zero-order valence-corrected chi connectivity index (χ0v) is 17.5. The summed E-state index contributed by atoms with van der Waals surface area (Å²) in [6, 6.07) is 8.84. The normalized spacial score (nSPS) is 18.8. The lowest BCUT2D eigenvalue weighted by Crippen LogP contribution is -2.46. The Balaban J connectivity index is 1.52. The van der Waals surface area contributed by atoms with Gasteiger partial charge >= 0.3 is 0 Å². The summed E-state index contributed by atoms with van der Waals surface area (Å²) in [5, 5.41) is 16.0. The van der Waals surface area contributed by atoms with E-state index in [0.717, 1.165) is 56.3 Å². The van der Waals surface area contributed by atoms with Crippen molar-refractivity contribution in [2.24, 2.45) is 5.92 Å². The smallest absolute Gasteiger partial charge is 0.229 e. The van der Waals surface area contributed by atoms with Crippen LogP contribution in [0.3, 0.4) is 0 Å². The number of rotatable bonds is 8. The first-order valence-electron chi connectivity index (χ1n) is 11.0. The molecule has 4 rings (SSSR count). The molecule has 6 nitrogen and oxygen atoms in total. The fourth-order valence-electron chi connectivity index (χ4n) is 3.91. The van der Waals surface area contributed by atoms with Crippen LogP contribution in [0.15, 0.2) is 24.3 Å². The molecule has 2 N–H and O–H groups in total. The predicted molar refractivity (Wildman–Crippen MR) is 116 cm³/mol. The number of anilines is 3. The van der Waals surface area contributed by atoms with Crippen molar-refractivity contribution in [3.8, 4) is 6.07 Å². The van der Waals surface area contributed by atoms with E-state index in [-0.39, 0.29) is 5.56 Å². The molecule has 1 unspecified atom stereocenters. The molecule has 0 spiro atoms. The van der Waals surface area contributed by atoms with Gasteiger partial charge in [-0.2, -0.15) is 10.2 Å². The van der Waals surface area contributed by atoms with Gasteiger partial charge in [0.2, 0.25) is 5.95 Å². The van der Waals surface area contributed by atoms with Gasteiger partial charge in [-0.1, -0.05) is 13.3 Å². The highest BCUT2D eigenvalue weighted by molar-refractivity contribution is 5.58.